The molecule has 1 radical (unpaired) electrons. The third kappa shape index (κ3) is 12.8. The van der Waals surface area contributed by atoms with Crippen LogP contribution < -0.4 is 0 Å². The first-order valence-electron chi connectivity index (χ1n) is 4.98. The Kier molecular flexibility index (Phi) is 8.47. The summed E-state index contributed by atoms with van der Waals surface area (Å²) in [6, 6.07) is 0. The standard InChI is InChI=1S/C5H11O10P2.H3O4P/c6-5-3(2-14-16(7,8)9)13-1-4(5)15-17(10,11)12;1-5(2,3)4/h1,3-6H,2H2,(H2,7,8,9)(H2,10,11,12);(H3,1,2,3,4)/t3-,4-,5-;/m1./s1. The van der Waals surface area contributed by atoms with Crippen molar-refractivity contribution in [3.8, 4) is 0 Å². The Bertz CT molecular complexity index is 465. The summed E-state index contributed by atoms with van der Waals surface area (Å²) in [7, 11) is -14.1. The van der Waals surface area contributed by atoms with Crippen molar-refractivity contribution in [3.05, 3.63) is 6.61 Å². The van der Waals surface area contributed by atoms with Gasteiger partial charge in [0.15, 0.2) is 0 Å². The molecule has 1 aliphatic heterocycles. The Labute approximate surface area is 123 Å². The molecular weight excluding hydrogens is 377 g/mol. The smallest absolute Gasteiger partial charge is 0.387 e. The first-order valence-corrected chi connectivity index (χ1v) is 9.60. The molecule has 0 unspecified atom stereocenters. The largest absolute Gasteiger partial charge is 0.470 e. The topological polar surface area (TPSA) is 241 Å². The number of phosphoric ester groups is 2. The Morgan fingerprint density at radius 3 is 1.77 bits per heavy atom. The van der Waals surface area contributed by atoms with Crippen LogP contribution in [0.1, 0.15) is 0 Å². The Hall–Kier alpha value is 0.250. The maximum absolute atomic E-state index is 10.5. The van der Waals surface area contributed by atoms with Gasteiger partial charge in [0.1, 0.15) is 24.9 Å². The van der Waals surface area contributed by atoms with Crippen LogP contribution in [0, 0.1) is 6.61 Å². The number of aliphatic hydroxyl groups excluding tert-OH is 1. The second kappa shape index (κ2) is 8.38. The highest BCUT2D eigenvalue weighted by molar-refractivity contribution is 7.46. The van der Waals surface area contributed by atoms with Gasteiger partial charge < -0.3 is 44.1 Å². The minimum atomic E-state index is -4.80. The van der Waals surface area contributed by atoms with Crippen LogP contribution in [0.5, 0.6) is 0 Å². The van der Waals surface area contributed by atoms with Crippen molar-refractivity contribution in [1.29, 1.82) is 0 Å². The third-order valence-corrected chi connectivity index (χ3v) is 2.77. The molecule has 1 saturated heterocycles. The molecule has 1 aliphatic rings. The van der Waals surface area contributed by atoms with Crippen LogP contribution in [0.4, 0.5) is 0 Å². The summed E-state index contributed by atoms with van der Waals surface area (Å²) in [6.45, 7) is 0.167. The molecule has 3 atom stereocenters. The van der Waals surface area contributed by atoms with Crippen molar-refractivity contribution in [2.75, 3.05) is 6.61 Å². The quantitative estimate of drug-likeness (QED) is 0.227. The van der Waals surface area contributed by atoms with Gasteiger partial charge in [-0.1, -0.05) is 0 Å². The molecule has 0 aliphatic carbocycles. The van der Waals surface area contributed by atoms with Gasteiger partial charge in [-0.3, -0.25) is 9.05 Å². The molecule has 17 heteroatoms. The molecule has 0 bridgehead atoms. The van der Waals surface area contributed by atoms with Crippen LogP contribution in [-0.2, 0) is 27.5 Å². The molecule has 0 spiro atoms. The van der Waals surface area contributed by atoms with E-state index in [0.29, 0.717) is 0 Å². The van der Waals surface area contributed by atoms with Gasteiger partial charge in [-0.15, -0.1) is 0 Å². The van der Waals surface area contributed by atoms with Crippen LogP contribution in [0.25, 0.3) is 0 Å². The molecule has 1 rings (SSSR count). The molecule has 14 nitrogen and oxygen atoms in total. The fourth-order valence-electron chi connectivity index (χ4n) is 1.11. The van der Waals surface area contributed by atoms with Crippen LogP contribution in [0.15, 0.2) is 0 Å². The zero-order valence-electron chi connectivity index (χ0n) is 10.4. The van der Waals surface area contributed by atoms with E-state index < -0.39 is 48.4 Å². The molecule has 1 fully saturated rings. The van der Waals surface area contributed by atoms with Crippen LogP contribution in [0.2, 0.25) is 0 Å². The first-order chi connectivity index (χ1) is 9.58. The van der Waals surface area contributed by atoms with Gasteiger partial charge in [0.2, 0.25) is 0 Å². The lowest BCUT2D eigenvalue weighted by atomic mass is 10.2. The lowest BCUT2D eigenvalue weighted by molar-refractivity contribution is -0.00360. The molecule has 0 aromatic carbocycles. The maximum atomic E-state index is 10.5. The summed E-state index contributed by atoms with van der Waals surface area (Å²) in [5.74, 6) is 0. The highest BCUT2D eigenvalue weighted by atomic mass is 31.2. The van der Waals surface area contributed by atoms with Gasteiger partial charge in [-0.25, -0.2) is 13.7 Å². The van der Waals surface area contributed by atoms with E-state index in [9.17, 15) is 14.2 Å². The van der Waals surface area contributed by atoms with Crippen LogP contribution >= 0.6 is 23.5 Å². The van der Waals surface area contributed by atoms with Crippen molar-refractivity contribution < 1.29 is 66.8 Å². The minimum Gasteiger partial charge on any atom is -0.387 e. The van der Waals surface area contributed by atoms with Crippen molar-refractivity contribution in [3.63, 3.8) is 0 Å². The van der Waals surface area contributed by atoms with E-state index >= 15 is 0 Å². The third-order valence-electron chi connectivity index (χ3n) is 1.77. The summed E-state index contributed by atoms with van der Waals surface area (Å²) >= 11 is 0. The molecule has 1 heterocycles. The fourth-order valence-corrected chi connectivity index (χ4v) is 1.94. The number of hydrogen-bond acceptors (Lipinski definition) is 7. The maximum Gasteiger partial charge on any atom is 0.470 e. The number of hydrogen-bond donors (Lipinski definition) is 8. The average molecular weight is 391 g/mol. The Balaban J connectivity index is 0.000000763. The lowest BCUT2D eigenvalue weighted by Gasteiger charge is -2.17. The predicted octanol–water partition coefficient (Wildman–Crippen LogP) is -2.43. The van der Waals surface area contributed by atoms with E-state index in [1.165, 1.54) is 0 Å². The molecule has 8 N–H and O–H groups in total. The number of rotatable bonds is 5. The van der Waals surface area contributed by atoms with Gasteiger partial charge >= 0.3 is 23.5 Å². The summed E-state index contributed by atoms with van der Waals surface area (Å²) in [5, 5.41) is 9.45. The summed E-state index contributed by atoms with van der Waals surface area (Å²) in [5.41, 5.74) is 0. The molecule has 0 aromatic heterocycles. The van der Waals surface area contributed by atoms with Crippen molar-refractivity contribution in [2.45, 2.75) is 18.3 Å². The van der Waals surface area contributed by atoms with Crippen LogP contribution in [-0.4, -0.2) is 64.3 Å². The normalized spacial score (nSPS) is 26.5. The fraction of sp³-hybridized carbons (Fsp3) is 0.800. The van der Waals surface area contributed by atoms with Crippen molar-refractivity contribution >= 4 is 23.5 Å². The SMILES string of the molecule is O=P(O)(O)O.O=P(O)(O)OC[C@H]1O[CH][C@@H](OP(=O)(O)O)[C@@H]1O. The zero-order chi connectivity index (χ0) is 17.8. The second-order valence-corrected chi connectivity index (χ2v) is 7.12. The molecule has 133 valence electrons. The van der Waals surface area contributed by atoms with E-state index in [4.69, 9.17) is 43.6 Å². The van der Waals surface area contributed by atoms with E-state index in [2.05, 4.69) is 9.05 Å². The average Bonchev–Trinajstić information content (AvgIpc) is 2.52. The summed E-state index contributed by atoms with van der Waals surface area (Å²) in [6.07, 6.45) is -4.09. The summed E-state index contributed by atoms with van der Waals surface area (Å²) in [4.78, 5) is 55.3. The van der Waals surface area contributed by atoms with Gasteiger partial charge in [0.25, 0.3) is 0 Å². The summed E-state index contributed by atoms with van der Waals surface area (Å²) < 4.78 is 42.7. The molecule has 0 saturated carbocycles. The monoisotopic (exact) mass is 391 g/mol. The van der Waals surface area contributed by atoms with Gasteiger partial charge in [-0.05, 0) is 0 Å². The lowest BCUT2D eigenvalue weighted by Crippen LogP contribution is -2.33. The molecule has 0 aromatic rings. The van der Waals surface area contributed by atoms with Gasteiger partial charge in [-0.2, -0.15) is 0 Å². The molecule has 22 heavy (non-hydrogen) atoms. The van der Waals surface area contributed by atoms with Crippen LogP contribution in [0.3, 0.4) is 0 Å². The zero-order valence-corrected chi connectivity index (χ0v) is 13.1. The Morgan fingerprint density at radius 2 is 1.41 bits per heavy atom. The number of phosphoric acid groups is 3. The minimum absolute atomic E-state index is 0.650. The van der Waals surface area contributed by atoms with E-state index in [1.54, 1.807) is 0 Å². The van der Waals surface area contributed by atoms with Crippen molar-refractivity contribution in [2.24, 2.45) is 0 Å². The van der Waals surface area contributed by atoms with E-state index in [0.717, 1.165) is 6.61 Å². The first kappa shape index (κ1) is 22.2. The predicted molar refractivity (Wildman–Crippen MR) is 64.4 cm³/mol. The Morgan fingerprint density at radius 1 is 0.955 bits per heavy atom. The number of ether oxygens (including phenoxy) is 1. The molecular formula is C5H14O14P3. The second-order valence-electron chi connectivity index (χ2n) is 3.66. The van der Waals surface area contributed by atoms with E-state index in [-0.39, 0.29) is 0 Å². The van der Waals surface area contributed by atoms with E-state index in [1.807, 2.05) is 0 Å². The number of aliphatic hydroxyl groups is 1. The highest BCUT2D eigenvalue weighted by Crippen LogP contribution is 2.42. The highest BCUT2D eigenvalue weighted by Gasteiger charge is 2.41. The van der Waals surface area contributed by atoms with Gasteiger partial charge in [0, 0.05) is 0 Å². The van der Waals surface area contributed by atoms with Crippen molar-refractivity contribution in [1.82, 2.24) is 0 Å². The van der Waals surface area contributed by atoms with Gasteiger partial charge in [0.05, 0.1) is 6.61 Å². The molecule has 0 amide bonds.